The highest BCUT2D eigenvalue weighted by atomic mass is 16.5. The molecule has 1 aliphatic rings. The molecule has 0 saturated heterocycles. The van der Waals surface area contributed by atoms with Gasteiger partial charge in [-0.2, -0.15) is 0 Å². The Morgan fingerprint density at radius 1 is 0.800 bits per heavy atom. The Kier molecular flexibility index (Phi) is 5.32. The van der Waals surface area contributed by atoms with Gasteiger partial charge in [0.1, 0.15) is 0 Å². The molecule has 0 bridgehead atoms. The zero-order valence-corrected chi connectivity index (χ0v) is 13.7. The van der Waals surface area contributed by atoms with Gasteiger partial charge in [0.25, 0.3) is 0 Å². The van der Waals surface area contributed by atoms with Crippen molar-refractivity contribution >= 4 is 17.3 Å². The maximum atomic E-state index is 10.2. The van der Waals surface area contributed by atoms with E-state index in [1.54, 1.807) is 0 Å². The van der Waals surface area contributed by atoms with Crippen LogP contribution in [0.2, 0.25) is 0 Å². The molecule has 0 atom stereocenters. The lowest BCUT2D eigenvalue weighted by molar-refractivity contribution is -0.136. The quantitative estimate of drug-likeness (QED) is 0.538. The van der Waals surface area contributed by atoms with Crippen LogP contribution in [0.15, 0.2) is 78.9 Å². The van der Waals surface area contributed by atoms with Crippen molar-refractivity contribution in [2.24, 2.45) is 0 Å². The fourth-order valence-corrected chi connectivity index (χ4v) is 2.48. The molecule has 1 aliphatic heterocycles. The summed E-state index contributed by atoms with van der Waals surface area (Å²) in [6, 6.07) is 25.5. The number of rotatable bonds is 3. The largest absolute Gasteiger partial charge is 0.481 e. The first-order valence-corrected chi connectivity index (χ1v) is 8.11. The molecule has 0 unspecified atom stereocenters. The number of benzene rings is 3. The van der Waals surface area contributed by atoms with Crippen molar-refractivity contribution < 1.29 is 14.6 Å². The molecule has 3 aromatic carbocycles. The van der Waals surface area contributed by atoms with Crippen molar-refractivity contribution in [3.8, 4) is 11.5 Å². The number of anilines is 2. The first-order valence-electron chi connectivity index (χ1n) is 8.11. The number of hydrogen-bond acceptors (Lipinski definition) is 3. The van der Waals surface area contributed by atoms with Gasteiger partial charge in [-0.3, -0.25) is 4.79 Å². The van der Waals surface area contributed by atoms with Crippen LogP contribution in [0.1, 0.15) is 12.0 Å². The van der Waals surface area contributed by atoms with Gasteiger partial charge in [-0.1, -0.05) is 54.6 Å². The topological polar surface area (TPSA) is 58.6 Å². The fraction of sp³-hybridized carbons (Fsp3) is 0.0952. The maximum absolute atomic E-state index is 10.2. The second-order valence-electron chi connectivity index (χ2n) is 5.60. The molecule has 0 saturated carbocycles. The van der Waals surface area contributed by atoms with E-state index in [4.69, 9.17) is 9.84 Å². The first kappa shape index (κ1) is 16.6. The van der Waals surface area contributed by atoms with Gasteiger partial charge in [0.05, 0.1) is 11.4 Å². The second-order valence-corrected chi connectivity index (χ2v) is 5.60. The van der Waals surface area contributed by atoms with E-state index in [0.717, 1.165) is 28.4 Å². The summed E-state index contributed by atoms with van der Waals surface area (Å²) in [6.45, 7) is 0. The molecule has 4 nitrogen and oxygen atoms in total. The van der Waals surface area contributed by atoms with Crippen LogP contribution in [0.4, 0.5) is 11.4 Å². The number of carbonyl (C=O) groups is 1. The van der Waals surface area contributed by atoms with Crippen molar-refractivity contribution in [2.75, 3.05) is 5.32 Å². The number of aryl methyl sites for hydroxylation is 1. The molecule has 3 aromatic rings. The molecule has 2 N–H and O–H groups in total. The summed E-state index contributed by atoms with van der Waals surface area (Å²) in [5, 5.41) is 11.7. The summed E-state index contributed by atoms with van der Waals surface area (Å²) in [6.07, 6.45) is 0.834. The third-order valence-electron chi connectivity index (χ3n) is 3.73. The van der Waals surface area contributed by atoms with E-state index in [2.05, 4.69) is 5.32 Å². The molecule has 0 spiro atoms. The maximum Gasteiger partial charge on any atom is 0.303 e. The highest BCUT2D eigenvalue weighted by Gasteiger charge is 2.13. The zero-order chi connectivity index (χ0) is 17.5. The van der Waals surface area contributed by atoms with Crippen molar-refractivity contribution in [1.29, 1.82) is 0 Å². The normalized spacial score (nSPS) is 10.9. The molecule has 0 radical (unpaired) electrons. The highest BCUT2D eigenvalue weighted by Crippen LogP contribution is 2.40. The Bertz CT molecular complexity index is 759. The van der Waals surface area contributed by atoms with E-state index >= 15 is 0 Å². The molecule has 0 amide bonds. The van der Waals surface area contributed by atoms with Gasteiger partial charge in [-0.05, 0) is 36.2 Å². The average molecular weight is 333 g/mol. The number of hydrogen-bond donors (Lipinski definition) is 2. The van der Waals surface area contributed by atoms with E-state index in [0.29, 0.717) is 6.42 Å². The number of ether oxygens (including phenoxy) is 1. The summed E-state index contributed by atoms with van der Waals surface area (Å²) >= 11 is 0. The number of para-hydroxylation sites is 4. The molecular weight excluding hydrogens is 314 g/mol. The number of carboxylic acids is 1. The molecule has 4 heteroatoms. The molecule has 1 heterocycles. The number of carboxylic acid groups (broad SMARTS) is 1. The van der Waals surface area contributed by atoms with Crippen molar-refractivity contribution in [3.05, 3.63) is 84.4 Å². The van der Waals surface area contributed by atoms with Crippen molar-refractivity contribution in [3.63, 3.8) is 0 Å². The average Bonchev–Trinajstić information content (AvgIpc) is 2.66. The lowest BCUT2D eigenvalue weighted by atomic mass is 10.1. The van der Waals surface area contributed by atoms with E-state index in [9.17, 15) is 4.79 Å². The van der Waals surface area contributed by atoms with Gasteiger partial charge in [0.15, 0.2) is 11.5 Å². The van der Waals surface area contributed by atoms with Gasteiger partial charge in [0.2, 0.25) is 0 Å². The standard InChI is InChI=1S/C12H9NO.C9H10O2/c1-3-7-11-9(5-1)13-10-6-2-4-8-12(10)14-11;10-9(11)7-6-8-4-2-1-3-5-8/h1-8,13H;1-5H,6-7H2,(H,10,11). The van der Waals surface area contributed by atoms with Gasteiger partial charge < -0.3 is 15.2 Å². The minimum absolute atomic E-state index is 0.212. The summed E-state index contributed by atoms with van der Waals surface area (Å²) in [7, 11) is 0. The lowest BCUT2D eigenvalue weighted by Crippen LogP contribution is -2.01. The van der Waals surface area contributed by atoms with Crippen molar-refractivity contribution in [2.45, 2.75) is 12.8 Å². The van der Waals surface area contributed by atoms with Gasteiger partial charge in [0, 0.05) is 6.42 Å². The van der Waals surface area contributed by atoms with Crippen LogP contribution in [0.3, 0.4) is 0 Å². The molecule has 25 heavy (non-hydrogen) atoms. The minimum atomic E-state index is -0.742. The molecule has 0 aromatic heterocycles. The lowest BCUT2D eigenvalue weighted by Gasteiger charge is -2.20. The van der Waals surface area contributed by atoms with Crippen LogP contribution in [0.25, 0.3) is 0 Å². The predicted molar refractivity (Wildman–Crippen MR) is 98.6 cm³/mol. The summed E-state index contributed by atoms with van der Waals surface area (Å²) in [5.41, 5.74) is 3.12. The van der Waals surface area contributed by atoms with Crippen LogP contribution < -0.4 is 10.1 Å². The third kappa shape index (κ3) is 4.61. The SMILES string of the molecule is O=C(O)CCc1ccccc1.c1ccc2c(c1)Nc1ccccc1O2. The Balaban J connectivity index is 0.000000151. The van der Waals surface area contributed by atoms with Gasteiger partial charge in [-0.25, -0.2) is 0 Å². The first-order chi connectivity index (χ1) is 12.2. The van der Waals surface area contributed by atoms with E-state index in [1.165, 1.54) is 0 Å². The third-order valence-corrected chi connectivity index (χ3v) is 3.73. The Hall–Kier alpha value is -3.27. The summed E-state index contributed by atoms with van der Waals surface area (Å²) in [4.78, 5) is 10.2. The highest BCUT2D eigenvalue weighted by molar-refractivity contribution is 5.75. The van der Waals surface area contributed by atoms with E-state index in [1.807, 2.05) is 78.9 Å². The van der Waals surface area contributed by atoms with E-state index < -0.39 is 5.97 Å². The smallest absolute Gasteiger partial charge is 0.303 e. The second kappa shape index (κ2) is 8.02. The predicted octanol–water partition coefficient (Wildman–Crippen LogP) is 5.24. The summed E-state index contributed by atoms with van der Waals surface area (Å²) < 4.78 is 5.71. The number of aliphatic carboxylic acids is 1. The van der Waals surface area contributed by atoms with Crippen LogP contribution >= 0.6 is 0 Å². The molecule has 4 rings (SSSR count). The minimum Gasteiger partial charge on any atom is -0.481 e. The van der Waals surface area contributed by atoms with Gasteiger partial charge >= 0.3 is 5.97 Å². The molecule has 0 fully saturated rings. The van der Waals surface area contributed by atoms with Crippen LogP contribution in [-0.4, -0.2) is 11.1 Å². The Morgan fingerprint density at radius 3 is 1.88 bits per heavy atom. The monoisotopic (exact) mass is 333 g/mol. The van der Waals surface area contributed by atoms with Gasteiger partial charge in [-0.15, -0.1) is 0 Å². The van der Waals surface area contributed by atoms with Crippen LogP contribution in [0, 0.1) is 0 Å². The van der Waals surface area contributed by atoms with Crippen LogP contribution in [-0.2, 0) is 11.2 Å². The number of nitrogens with one attached hydrogen (secondary N) is 1. The Labute approximate surface area is 146 Å². The zero-order valence-electron chi connectivity index (χ0n) is 13.7. The molecular formula is C21H19NO3. The van der Waals surface area contributed by atoms with Crippen LogP contribution in [0.5, 0.6) is 11.5 Å². The summed E-state index contributed by atoms with van der Waals surface area (Å²) in [5.74, 6) is 1.02. The van der Waals surface area contributed by atoms with E-state index in [-0.39, 0.29) is 6.42 Å². The fourth-order valence-electron chi connectivity index (χ4n) is 2.48. The molecule has 126 valence electrons. The Morgan fingerprint density at radius 2 is 1.32 bits per heavy atom. The molecule has 0 aliphatic carbocycles. The van der Waals surface area contributed by atoms with Crippen molar-refractivity contribution in [1.82, 2.24) is 0 Å². The number of fused-ring (bicyclic) bond motifs is 2.